The molecule has 4 rings (SSSR count). The van der Waals surface area contributed by atoms with E-state index in [9.17, 15) is 13.5 Å². The zero-order valence-corrected chi connectivity index (χ0v) is 25.0. The molecule has 39 heavy (non-hydrogen) atoms. The first-order valence-electron chi connectivity index (χ1n) is 10.3. The Balaban J connectivity index is 1.77. The summed E-state index contributed by atoms with van der Waals surface area (Å²) in [4.78, 5) is 8.89. The zero-order chi connectivity index (χ0) is 28.0. The van der Waals surface area contributed by atoms with Crippen LogP contribution in [0, 0.1) is 0 Å². The van der Waals surface area contributed by atoms with Crippen LogP contribution in [0.2, 0.25) is 0 Å². The standard InChI is InChI=1S/C19H17N11O3S6/c1-34-15-12(25-27-16-21-18(35-2)29-37-16)8-11(24-23-9-4-6-10(7-5-9)39(20,32)33)14(31)13(15)26-28-17-22-19(36-3)30-38-17/h4-8,31H,1-3H3,(H2,20,32,33)/b24-23+,27-25+,28-26+. The van der Waals surface area contributed by atoms with Gasteiger partial charge in [0.1, 0.15) is 17.1 Å². The third kappa shape index (κ3) is 7.41. The molecule has 0 atom stereocenters. The molecule has 0 saturated carbocycles. The SMILES string of the molecule is CSc1nsc(/N=N/c2cc(/N=N/c3ccc(S(N)(=O)=O)cc3)c(O)c(/N=N/c3nc(SC)ns3)c2SC)n1. The Hall–Kier alpha value is -2.88. The molecule has 0 aliphatic carbocycles. The summed E-state index contributed by atoms with van der Waals surface area (Å²) >= 11 is 6.17. The van der Waals surface area contributed by atoms with Gasteiger partial charge in [0.15, 0.2) is 5.75 Å². The minimum Gasteiger partial charge on any atom is -0.504 e. The van der Waals surface area contributed by atoms with Crippen LogP contribution >= 0.6 is 58.4 Å². The van der Waals surface area contributed by atoms with Gasteiger partial charge in [-0.3, -0.25) is 0 Å². The van der Waals surface area contributed by atoms with E-state index in [0.29, 0.717) is 36.8 Å². The van der Waals surface area contributed by atoms with Crippen LogP contribution in [-0.2, 0) is 10.0 Å². The van der Waals surface area contributed by atoms with Crippen molar-refractivity contribution in [1.82, 2.24) is 18.7 Å². The van der Waals surface area contributed by atoms with Crippen LogP contribution in [0.1, 0.15) is 0 Å². The van der Waals surface area contributed by atoms with E-state index in [0.717, 1.165) is 23.1 Å². The predicted molar refractivity (Wildman–Crippen MR) is 154 cm³/mol. The molecule has 0 bridgehead atoms. The number of aromatic hydroxyl groups is 1. The number of nitrogens with two attached hydrogens (primary N) is 1. The van der Waals surface area contributed by atoms with Gasteiger partial charge in [-0.2, -0.15) is 23.8 Å². The van der Waals surface area contributed by atoms with Crippen LogP contribution in [-0.4, -0.2) is 51.0 Å². The molecule has 0 unspecified atom stereocenters. The number of phenols is 1. The average Bonchev–Trinajstić information content (AvgIpc) is 3.59. The molecule has 0 spiro atoms. The van der Waals surface area contributed by atoms with E-state index in [1.54, 1.807) is 6.26 Å². The smallest absolute Gasteiger partial charge is 0.250 e. The van der Waals surface area contributed by atoms with Crippen LogP contribution in [0.4, 0.5) is 33.0 Å². The summed E-state index contributed by atoms with van der Waals surface area (Å²) < 4.78 is 31.3. The predicted octanol–water partition coefficient (Wildman–Crippen LogP) is 7.15. The van der Waals surface area contributed by atoms with Gasteiger partial charge in [-0.15, -0.1) is 37.3 Å². The lowest BCUT2D eigenvalue weighted by molar-refractivity contribution is 0.476. The third-order valence-electron chi connectivity index (χ3n) is 4.47. The number of rotatable bonds is 10. The minimum atomic E-state index is -3.85. The van der Waals surface area contributed by atoms with Crippen LogP contribution < -0.4 is 5.14 Å². The quantitative estimate of drug-likeness (QED) is 0.132. The van der Waals surface area contributed by atoms with Crippen molar-refractivity contribution < 1.29 is 13.5 Å². The van der Waals surface area contributed by atoms with Crippen molar-refractivity contribution in [1.29, 1.82) is 0 Å². The fourth-order valence-electron chi connectivity index (χ4n) is 2.71. The maximum absolute atomic E-state index is 11.5. The van der Waals surface area contributed by atoms with Gasteiger partial charge in [0.25, 0.3) is 0 Å². The molecule has 20 heteroatoms. The van der Waals surface area contributed by atoms with Crippen molar-refractivity contribution in [3.05, 3.63) is 30.3 Å². The summed E-state index contributed by atoms with van der Waals surface area (Å²) in [6, 6.07) is 6.94. The molecule has 202 valence electrons. The van der Waals surface area contributed by atoms with Crippen molar-refractivity contribution in [3.8, 4) is 5.75 Å². The number of hydrogen-bond donors (Lipinski definition) is 2. The van der Waals surface area contributed by atoms with Crippen molar-refractivity contribution in [2.24, 2.45) is 35.8 Å². The largest absolute Gasteiger partial charge is 0.504 e. The second-order valence-corrected chi connectivity index (χ2v) is 12.3. The van der Waals surface area contributed by atoms with E-state index in [1.807, 2.05) is 12.5 Å². The van der Waals surface area contributed by atoms with Gasteiger partial charge in [-0.05, 0) is 49.1 Å². The Morgan fingerprint density at radius 3 is 1.87 bits per heavy atom. The molecule has 2 heterocycles. The van der Waals surface area contributed by atoms with Crippen molar-refractivity contribution in [2.45, 2.75) is 20.1 Å². The molecule has 0 amide bonds. The molecule has 0 saturated heterocycles. The number of benzene rings is 2. The van der Waals surface area contributed by atoms with Gasteiger partial charge in [-0.1, -0.05) is 23.5 Å². The van der Waals surface area contributed by atoms with E-state index in [2.05, 4.69) is 49.4 Å². The van der Waals surface area contributed by atoms with Crippen molar-refractivity contribution >= 4 is 101 Å². The lowest BCUT2D eigenvalue weighted by Crippen LogP contribution is -2.11. The van der Waals surface area contributed by atoms with Gasteiger partial charge in [0.2, 0.25) is 30.6 Å². The van der Waals surface area contributed by atoms with E-state index in [4.69, 9.17) is 5.14 Å². The molecule has 4 aromatic rings. The molecule has 0 radical (unpaired) electrons. The Kier molecular flexibility index (Phi) is 9.69. The summed E-state index contributed by atoms with van der Waals surface area (Å²) in [6.45, 7) is 0. The lowest BCUT2D eigenvalue weighted by Gasteiger charge is -2.09. The second kappa shape index (κ2) is 13.0. The molecule has 14 nitrogen and oxygen atoms in total. The van der Waals surface area contributed by atoms with Gasteiger partial charge < -0.3 is 5.11 Å². The highest BCUT2D eigenvalue weighted by Gasteiger charge is 2.19. The van der Waals surface area contributed by atoms with Crippen LogP contribution in [0.5, 0.6) is 5.75 Å². The highest BCUT2D eigenvalue weighted by atomic mass is 32.2. The van der Waals surface area contributed by atoms with E-state index >= 15 is 0 Å². The van der Waals surface area contributed by atoms with Gasteiger partial charge >= 0.3 is 0 Å². The molecular weight excluding hydrogens is 623 g/mol. The van der Waals surface area contributed by atoms with Crippen molar-refractivity contribution in [3.63, 3.8) is 0 Å². The van der Waals surface area contributed by atoms with Crippen LogP contribution in [0.3, 0.4) is 0 Å². The molecule has 2 aromatic heterocycles. The maximum Gasteiger partial charge on any atom is 0.250 e. The van der Waals surface area contributed by atoms with Gasteiger partial charge in [0.05, 0.1) is 15.5 Å². The molecule has 0 aliphatic heterocycles. The number of nitrogens with zero attached hydrogens (tertiary/aromatic N) is 10. The number of thioether (sulfide) groups is 3. The first kappa shape index (κ1) is 29.1. The Labute approximate surface area is 243 Å². The molecule has 0 aliphatic rings. The average molecular weight is 640 g/mol. The minimum absolute atomic E-state index is 0.0235. The van der Waals surface area contributed by atoms with E-state index in [1.165, 1.54) is 65.6 Å². The Morgan fingerprint density at radius 2 is 1.36 bits per heavy atom. The van der Waals surface area contributed by atoms with E-state index in [-0.39, 0.29) is 22.0 Å². The van der Waals surface area contributed by atoms with Gasteiger partial charge in [0, 0.05) is 23.1 Å². The monoisotopic (exact) mass is 639 g/mol. The highest BCUT2D eigenvalue weighted by Crippen LogP contribution is 2.50. The maximum atomic E-state index is 11.5. The number of hydrogen-bond acceptors (Lipinski definition) is 18. The first-order valence-corrected chi connectivity index (χ1v) is 17.1. The summed E-state index contributed by atoms with van der Waals surface area (Å²) in [6.07, 6.45) is 5.48. The summed E-state index contributed by atoms with van der Waals surface area (Å²) in [5.74, 6) is -0.304. The van der Waals surface area contributed by atoms with Crippen molar-refractivity contribution in [2.75, 3.05) is 18.8 Å². The second-order valence-electron chi connectivity index (χ2n) is 6.91. The number of phenolic OH excluding ortho intramolecular Hbond substituents is 1. The number of primary sulfonamides is 1. The summed E-state index contributed by atoms with van der Waals surface area (Å²) in [5.41, 5.74) is 0.755. The number of aromatic nitrogens is 4. The molecule has 0 fully saturated rings. The highest BCUT2D eigenvalue weighted by molar-refractivity contribution is 7.99. The normalized spacial score (nSPS) is 12.4. The number of azo groups is 3. The molecule has 3 N–H and O–H groups in total. The Bertz CT molecular complexity index is 1670. The third-order valence-corrected chi connectivity index (χ3v) is 8.74. The fraction of sp³-hybridized carbons (Fsp3) is 0.158. The van der Waals surface area contributed by atoms with E-state index < -0.39 is 10.0 Å². The molecular formula is C19H17N11O3S6. The number of sulfonamides is 1. The van der Waals surface area contributed by atoms with Crippen LogP contribution in [0.15, 0.2) is 81.1 Å². The molecule has 2 aromatic carbocycles. The summed E-state index contributed by atoms with van der Waals surface area (Å²) in [5, 5.41) is 43.0. The zero-order valence-electron chi connectivity index (χ0n) is 20.1. The van der Waals surface area contributed by atoms with Gasteiger partial charge in [-0.25, -0.2) is 13.6 Å². The topological polar surface area (TPSA) is 206 Å². The lowest BCUT2D eigenvalue weighted by atomic mass is 10.2. The first-order chi connectivity index (χ1) is 18.7. The fourth-order valence-corrected chi connectivity index (χ4v) is 5.97. The van der Waals surface area contributed by atoms with Crippen LogP contribution in [0.25, 0.3) is 0 Å². The summed E-state index contributed by atoms with van der Waals surface area (Å²) in [7, 11) is -3.85. The Morgan fingerprint density at radius 1 is 0.795 bits per heavy atom.